The van der Waals surface area contributed by atoms with Crippen LogP contribution in [0, 0.1) is 0 Å². The maximum absolute atomic E-state index is 11.0. The van der Waals surface area contributed by atoms with Crippen LogP contribution in [0.15, 0.2) is 0 Å². The molecule has 0 rings (SSSR count). The molecule has 5 N–H and O–H groups in total. The van der Waals surface area contributed by atoms with Gasteiger partial charge in [0.25, 0.3) is 0 Å². The highest BCUT2D eigenvalue weighted by atomic mass is 16.6. The third-order valence-electron chi connectivity index (χ3n) is 1.62. The Morgan fingerprint density at radius 2 is 2.00 bits per heavy atom. The van der Waals surface area contributed by atoms with E-state index in [9.17, 15) is 9.59 Å². The molecule has 14 heavy (non-hydrogen) atoms. The fourth-order valence-electron chi connectivity index (χ4n) is 0.847. The smallest absolute Gasteiger partial charge is 0.339 e. The van der Waals surface area contributed by atoms with Gasteiger partial charge in [0.05, 0.1) is 0 Å². The molecule has 0 aromatic heterocycles. The highest BCUT2D eigenvalue weighted by Gasteiger charge is 2.17. The SMILES string of the molecule is NCCCCC(N)C(=O)OC(=O)CO. The van der Waals surface area contributed by atoms with Gasteiger partial charge >= 0.3 is 11.9 Å². The van der Waals surface area contributed by atoms with Gasteiger partial charge in [0.2, 0.25) is 0 Å². The van der Waals surface area contributed by atoms with E-state index < -0.39 is 24.6 Å². The van der Waals surface area contributed by atoms with Gasteiger partial charge < -0.3 is 21.3 Å². The van der Waals surface area contributed by atoms with E-state index in [-0.39, 0.29) is 0 Å². The number of aliphatic hydroxyl groups is 1. The van der Waals surface area contributed by atoms with Crippen molar-refractivity contribution in [3.05, 3.63) is 0 Å². The molecule has 0 aromatic rings. The molecule has 0 heterocycles. The average Bonchev–Trinajstić information content (AvgIpc) is 2.17. The second kappa shape index (κ2) is 7.43. The Bertz CT molecular complexity index is 196. The molecule has 0 aliphatic carbocycles. The van der Waals surface area contributed by atoms with Gasteiger partial charge in [-0.2, -0.15) is 0 Å². The molecule has 82 valence electrons. The van der Waals surface area contributed by atoms with Crippen molar-refractivity contribution in [1.82, 2.24) is 0 Å². The van der Waals surface area contributed by atoms with E-state index in [0.29, 0.717) is 19.4 Å². The molecule has 0 saturated heterocycles. The minimum atomic E-state index is -0.982. The Kier molecular flexibility index (Phi) is 6.91. The van der Waals surface area contributed by atoms with Crippen molar-refractivity contribution in [2.24, 2.45) is 11.5 Å². The van der Waals surface area contributed by atoms with Crippen molar-refractivity contribution in [3.8, 4) is 0 Å². The first-order valence-electron chi connectivity index (χ1n) is 4.42. The Balaban J connectivity index is 3.70. The summed E-state index contributed by atoms with van der Waals surface area (Å²) < 4.78 is 4.21. The van der Waals surface area contributed by atoms with E-state index in [2.05, 4.69) is 4.74 Å². The Hall–Kier alpha value is -0.980. The van der Waals surface area contributed by atoms with Crippen molar-refractivity contribution >= 4 is 11.9 Å². The van der Waals surface area contributed by atoms with Crippen molar-refractivity contribution in [3.63, 3.8) is 0 Å². The van der Waals surface area contributed by atoms with E-state index >= 15 is 0 Å². The van der Waals surface area contributed by atoms with Crippen LogP contribution in [0.1, 0.15) is 19.3 Å². The predicted octanol–water partition coefficient (Wildman–Crippen LogP) is -1.50. The second-order valence-electron chi connectivity index (χ2n) is 2.84. The minimum absolute atomic E-state index is 0.425. The van der Waals surface area contributed by atoms with Crippen LogP contribution in [0.25, 0.3) is 0 Å². The zero-order valence-electron chi connectivity index (χ0n) is 7.94. The molecule has 0 aromatic carbocycles. The molecule has 0 aliphatic rings. The molecule has 0 amide bonds. The summed E-state index contributed by atoms with van der Waals surface area (Å²) in [7, 11) is 0. The number of hydrogen-bond acceptors (Lipinski definition) is 6. The number of aliphatic hydroxyl groups excluding tert-OH is 1. The Morgan fingerprint density at radius 3 is 2.50 bits per heavy atom. The molecule has 0 aliphatic heterocycles. The first-order valence-corrected chi connectivity index (χ1v) is 4.42. The lowest BCUT2D eigenvalue weighted by molar-refractivity contribution is -0.162. The van der Waals surface area contributed by atoms with Crippen molar-refractivity contribution in [2.45, 2.75) is 25.3 Å². The van der Waals surface area contributed by atoms with E-state index in [1.807, 2.05) is 0 Å². The molecule has 1 atom stereocenters. The highest BCUT2D eigenvalue weighted by Crippen LogP contribution is 1.99. The summed E-state index contributed by atoms with van der Waals surface area (Å²) in [6, 6.07) is -0.822. The van der Waals surface area contributed by atoms with Gasteiger partial charge in [-0.15, -0.1) is 0 Å². The second-order valence-corrected chi connectivity index (χ2v) is 2.84. The molecule has 6 nitrogen and oxygen atoms in total. The van der Waals surface area contributed by atoms with Crippen LogP contribution >= 0.6 is 0 Å². The number of carbonyl (C=O) groups is 2. The van der Waals surface area contributed by atoms with Crippen LogP contribution in [0.5, 0.6) is 0 Å². The zero-order chi connectivity index (χ0) is 11.0. The highest BCUT2D eigenvalue weighted by molar-refractivity contribution is 5.88. The van der Waals surface area contributed by atoms with Gasteiger partial charge in [0, 0.05) is 0 Å². The molecule has 0 spiro atoms. The normalized spacial score (nSPS) is 12.2. The number of esters is 2. The lowest BCUT2D eigenvalue weighted by atomic mass is 10.1. The quantitative estimate of drug-likeness (QED) is 0.275. The summed E-state index contributed by atoms with van der Waals surface area (Å²) >= 11 is 0. The first kappa shape index (κ1) is 13.0. The van der Waals surface area contributed by atoms with Crippen LogP contribution in [0.4, 0.5) is 0 Å². The van der Waals surface area contributed by atoms with Gasteiger partial charge in [-0.05, 0) is 19.4 Å². The summed E-state index contributed by atoms with van der Waals surface area (Å²) in [5.41, 5.74) is 10.7. The summed E-state index contributed by atoms with van der Waals surface area (Å²) in [5, 5.41) is 8.30. The molecular weight excluding hydrogens is 188 g/mol. The van der Waals surface area contributed by atoms with E-state index in [1.54, 1.807) is 0 Å². The van der Waals surface area contributed by atoms with Crippen LogP contribution in [-0.2, 0) is 14.3 Å². The van der Waals surface area contributed by atoms with Gasteiger partial charge in [0.1, 0.15) is 12.6 Å². The van der Waals surface area contributed by atoms with Gasteiger partial charge in [0.15, 0.2) is 0 Å². The summed E-state index contributed by atoms with van der Waals surface area (Å²) in [4.78, 5) is 21.5. The number of ether oxygens (including phenoxy) is 1. The largest absolute Gasteiger partial charge is 0.390 e. The van der Waals surface area contributed by atoms with Crippen LogP contribution in [0.3, 0.4) is 0 Å². The first-order chi connectivity index (χ1) is 6.61. The fraction of sp³-hybridized carbons (Fsp3) is 0.750. The number of nitrogens with two attached hydrogens (primary N) is 2. The zero-order valence-corrected chi connectivity index (χ0v) is 7.94. The Labute approximate surface area is 82.2 Å². The molecular formula is C8H16N2O4. The van der Waals surface area contributed by atoms with Gasteiger partial charge in [-0.1, -0.05) is 6.42 Å². The summed E-state index contributed by atoms with van der Waals surface area (Å²) in [6.07, 6.45) is 1.91. The van der Waals surface area contributed by atoms with Crippen molar-refractivity contribution < 1.29 is 19.4 Å². The minimum Gasteiger partial charge on any atom is -0.390 e. The third kappa shape index (κ3) is 5.63. The fourth-order valence-corrected chi connectivity index (χ4v) is 0.847. The topological polar surface area (TPSA) is 116 Å². The lowest BCUT2D eigenvalue weighted by Crippen LogP contribution is -2.34. The molecule has 0 radical (unpaired) electrons. The monoisotopic (exact) mass is 204 g/mol. The van der Waals surface area contributed by atoms with E-state index in [0.717, 1.165) is 6.42 Å². The van der Waals surface area contributed by atoms with E-state index in [1.165, 1.54) is 0 Å². The molecule has 1 unspecified atom stereocenters. The predicted molar refractivity (Wildman–Crippen MR) is 49.1 cm³/mol. The van der Waals surface area contributed by atoms with E-state index in [4.69, 9.17) is 16.6 Å². The number of unbranched alkanes of at least 4 members (excludes halogenated alkanes) is 1. The lowest BCUT2D eigenvalue weighted by Gasteiger charge is -2.08. The molecule has 0 bridgehead atoms. The van der Waals surface area contributed by atoms with Crippen LogP contribution in [-0.4, -0.2) is 36.2 Å². The Morgan fingerprint density at radius 1 is 1.36 bits per heavy atom. The van der Waals surface area contributed by atoms with Crippen LogP contribution in [0.2, 0.25) is 0 Å². The van der Waals surface area contributed by atoms with Crippen molar-refractivity contribution in [2.75, 3.05) is 13.2 Å². The maximum Gasteiger partial charge on any atom is 0.339 e. The molecule has 0 saturated carbocycles. The third-order valence-corrected chi connectivity index (χ3v) is 1.62. The van der Waals surface area contributed by atoms with Gasteiger partial charge in [-0.3, -0.25) is 0 Å². The van der Waals surface area contributed by atoms with Crippen LogP contribution < -0.4 is 11.5 Å². The van der Waals surface area contributed by atoms with Gasteiger partial charge in [-0.25, -0.2) is 9.59 Å². The number of hydrogen-bond donors (Lipinski definition) is 3. The number of carbonyl (C=O) groups excluding carboxylic acids is 2. The average molecular weight is 204 g/mol. The standard InChI is InChI=1S/C8H16N2O4/c9-4-2-1-3-6(10)8(13)14-7(12)5-11/h6,11H,1-5,9-10H2. The molecule has 6 heteroatoms. The number of rotatable bonds is 6. The molecule has 0 fully saturated rings. The van der Waals surface area contributed by atoms with Crippen molar-refractivity contribution in [1.29, 1.82) is 0 Å². The summed E-state index contributed by atoms with van der Waals surface area (Å²) in [5.74, 6) is -1.79. The summed E-state index contributed by atoms with van der Waals surface area (Å²) in [6.45, 7) is -0.279. The maximum atomic E-state index is 11.0.